The lowest BCUT2D eigenvalue weighted by atomic mass is 9.80. The van der Waals surface area contributed by atoms with Gasteiger partial charge in [-0.15, -0.1) is 0 Å². The van der Waals surface area contributed by atoms with Crippen molar-refractivity contribution in [1.29, 1.82) is 0 Å². The number of amides is 1. The summed E-state index contributed by atoms with van der Waals surface area (Å²) < 4.78 is 7.62. The van der Waals surface area contributed by atoms with Crippen molar-refractivity contribution in [3.8, 4) is 5.75 Å². The predicted molar refractivity (Wildman–Crippen MR) is 122 cm³/mol. The van der Waals surface area contributed by atoms with Gasteiger partial charge in [0.1, 0.15) is 5.75 Å². The van der Waals surface area contributed by atoms with Crippen LogP contribution in [0.2, 0.25) is 5.02 Å². The second kappa shape index (κ2) is 8.68. The number of ether oxygens (including phenoxy) is 1. The van der Waals surface area contributed by atoms with E-state index in [4.69, 9.17) is 21.4 Å². The highest BCUT2D eigenvalue weighted by Crippen LogP contribution is 2.37. The maximum absolute atomic E-state index is 12.6. The molecule has 3 aromatic rings. The zero-order valence-corrected chi connectivity index (χ0v) is 18.4. The number of carbonyl (C=O) groups is 1. The van der Waals surface area contributed by atoms with Crippen molar-refractivity contribution in [2.45, 2.75) is 45.6 Å². The van der Waals surface area contributed by atoms with Gasteiger partial charge in [-0.25, -0.2) is 0 Å². The number of benzene rings is 2. The molecule has 1 aromatic heterocycles. The van der Waals surface area contributed by atoms with Crippen molar-refractivity contribution in [2.75, 3.05) is 12.4 Å². The Bertz CT molecular complexity index is 1030. The fourth-order valence-corrected chi connectivity index (χ4v) is 4.48. The molecular formula is C24H28ClN3O2. The minimum Gasteiger partial charge on any atom is -0.494 e. The lowest BCUT2D eigenvalue weighted by Gasteiger charge is -2.30. The third-order valence-electron chi connectivity index (χ3n) is 6.26. The van der Waals surface area contributed by atoms with Crippen molar-refractivity contribution in [3.63, 3.8) is 0 Å². The monoisotopic (exact) mass is 425 g/mol. The van der Waals surface area contributed by atoms with Crippen LogP contribution in [0.3, 0.4) is 0 Å². The first-order valence-electron chi connectivity index (χ1n) is 10.6. The van der Waals surface area contributed by atoms with E-state index in [1.54, 1.807) is 31.4 Å². The molecule has 2 aromatic carbocycles. The van der Waals surface area contributed by atoms with Crippen molar-refractivity contribution >= 4 is 34.1 Å². The Kier molecular flexibility index (Phi) is 6.00. The number of rotatable bonds is 5. The van der Waals surface area contributed by atoms with Crippen LogP contribution in [-0.4, -0.2) is 22.8 Å². The van der Waals surface area contributed by atoms with E-state index in [2.05, 4.69) is 30.0 Å². The molecule has 158 valence electrons. The summed E-state index contributed by atoms with van der Waals surface area (Å²) in [7, 11) is 1.60. The molecule has 0 radical (unpaired) electrons. The van der Waals surface area contributed by atoms with Gasteiger partial charge in [-0.1, -0.05) is 25.4 Å². The average Bonchev–Trinajstić information content (AvgIpc) is 3.16. The molecule has 1 aliphatic carbocycles. The molecule has 1 N–H and O–H groups in total. The molecule has 5 nitrogen and oxygen atoms in total. The van der Waals surface area contributed by atoms with E-state index in [0.717, 1.165) is 35.6 Å². The Labute approximate surface area is 182 Å². The average molecular weight is 426 g/mol. The number of methoxy groups -OCH3 is 1. The first-order chi connectivity index (χ1) is 14.4. The van der Waals surface area contributed by atoms with Crippen molar-refractivity contribution in [1.82, 2.24) is 9.78 Å². The summed E-state index contributed by atoms with van der Waals surface area (Å²) in [6.07, 6.45) is 6.92. The van der Waals surface area contributed by atoms with E-state index in [0.29, 0.717) is 28.1 Å². The lowest BCUT2D eigenvalue weighted by molar-refractivity contribution is 0.102. The first kappa shape index (κ1) is 20.7. The summed E-state index contributed by atoms with van der Waals surface area (Å²) in [5.41, 5.74) is 2.05. The van der Waals surface area contributed by atoms with Gasteiger partial charge in [0.05, 0.1) is 24.4 Å². The summed E-state index contributed by atoms with van der Waals surface area (Å²) >= 11 is 5.92. The number of hydrogen-bond acceptors (Lipinski definition) is 3. The molecule has 0 atom stereocenters. The molecule has 1 saturated carbocycles. The molecule has 0 saturated heterocycles. The van der Waals surface area contributed by atoms with Crippen molar-refractivity contribution in [3.05, 3.63) is 53.2 Å². The Morgan fingerprint density at radius 2 is 1.87 bits per heavy atom. The van der Waals surface area contributed by atoms with Crippen LogP contribution < -0.4 is 10.1 Å². The largest absolute Gasteiger partial charge is 0.494 e. The van der Waals surface area contributed by atoms with Crippen LogP contribution in [0.25, 0.3) is 10.9 Å². The molecule has 6 heteroatoms. The van der Waals surface area contributed by atoms with E-state index in [9.17, 15) is 4.79 Å². The highest BCUT2D eigenvalue weighted by atomic mass is 35.5. The van der Waals surface area contributed by atoms with Crippen LogP contribution in [0, 0.1) is 11.8 Å². The number of halogens is 1. The summed E-state index contributed by atoms with van der Waals surface area (Å²) in [5, 5.41) is 9.36. The number of nitrogens with zero attached hydrogens (tertiary/aromatic N) is 2. The maximum atomic E-state index is 12.6. The van der Waals surface area contributed by atoms with Crippen LogP contribution in [0.4, 0.5) is 5.69 Å². The summed E-state index contributed by atoms with van der Waals surface area (Å²) in [6.45, 7) is 4.64. The molecule has 0 unspecified atom stereocenters. The van der Waals surface area contributed by atoms with Crippen LogP contribution in [0.15, 0.2) is 42.6 Å². The zero-order valence-electron chi connectivity index (χ0n) is 17.7. The highest BCUT2D eigenvalue weighted by Gasteiger charge is 2.25. The molecule has 0 aliphatic heterocycles. The Hall–Kier alpha value is -2.53. The summed E-state index contributed by atoms with van der Waals surface area (Å²) in [4.78, 5) is 12.6. The molecule has 0 spiro atoms. The van der Waals surface area contributed by atoms with Gasteiger partial charge in [0.15, 0.2) is 0 Å². The van der Waals surface area contributed by atoms with E-state index in [1.807, 2.05) is 12.1 Å². The van der Waals surface area contributed by atoms with Crippen molar-refractivity contribution in [2.24, 2.45) is 11.8 Å². The zero-order chi connectivity index (χ0) is 21.3. The third-order valence-corrected chi connectivity index (χ3v) is 6.51. The first-order valence-corrected chi connectivity index (χ1v) is 11.0. The molecular weight excluding hydrogens is 398 g/mol. The molecule has 1 aliphatic rings. The Morgan fingerprint density at radius 1 is 1.17 bits per heavy atom. The molecule has 30 heavy (non-hydrogen) atoms. The van der Waals surface area contributed by atoms with E-state index < -0.39 is 0 Å². The minimum atomic E-state index is -0.205. The standard InChI is InChI=1S/C24H28ClN3O2/c1-15(2)16-6-10-20(11-7-16)28-14-18-12-22(23(30-3)13-21(18)27-28)26-24(29)17-4-8-19(25)9-5-17/h4-5,8-9,12-16,20H,6-7,10-11H2,1-3H3,(H,26,29). The fourth-order valence-electron chi connectivity index (χ4n) is 4.35. The summed E-state index contributed by atoms with van der Waals surface area (Å²) in [6, 6.07) is 11.1. The normalized spacial score (nSPS) is 19.2. The minimum absolute atomic E-state index is 0.205. The van der Waals surface area contributed by atoms with E-state index >= 15 is 0 Å². The number of nitrogens with one attached hydrogen (secondary N) is 1. The predicted octanol–water partition coefficient (Wildman–Crippen LogP) is 6.34. The van der Waals surface area contributed by atoms with Gasteiger partial charge in [0.25, 0.3) is 5.91 Å². The van der Waals surface area contributed by atoms with Crippen LogP contribution in [0.5, 0.6) is 5.75 Å². The maximum Gasteiger partial charge on any atom is 0.255 e. The number of fused-ring (bicyclic) bond motifs is 1. The molecule has 4 rings (SSSR count). The third kappa shape index (κ3) is 4.31. The molecule has 1 amide bonds. The topological polar surface area (TPSA) is 56.1 Å². The van der Waals surface area contributed by atoms with E-state index in [-0.39, 0.29) is 5.91 Å². The van der Waals surface area contributed by atoms with Gasteiger partial charge < -0.3 is 10.1 Å². The number of anilines is 1. The molecule has 1 fully saturated rings. The van der Waals surface area contributed by atoms with Gasteiger partial charge in [-0.3, -0.25) is 9.48 Å². The Balaban J connectivity index is 1.56. The number of aromatic nitrogens is 2. The molecule has 1 heterocycles. The second-order valence-corrected chi connectivity index (χ2v) is 8.93. The van der Waals surface area contributed by atoms with Gasteiger partial charge in [0.2, 0.25) is 0 Å². The SMILES string of the molecule is COc1cc2nn(C3CCC(C(C)C)CC3)cc2cc1NC(=O)c1ccc(Cl)cc1. The smallest absolute Gasteiger partial charge is 0.255 e. The van der Waals surface area contributed by atoms with Gasteiger partial charge in [0, 0.05) is 28.2 Å². The van der Waals surface area contributed by atoms with Crippen LogP contribution in [0.1, 0.15) is 55.9 Å². The number of carbonyl (C=O) groups excluding carboxylic acids is 1. The quantitative estimate of drug-likeness (QED) is 0.519. The fraction of sp³-hybridized carbons (Fsp3) is 0.417. The Morgan fingerprint density at radius 3 is 2.50 bits per heavy atom. The van der Waals surface area contributed by atoms with Crippen LogP contribution in [-0.2, 0) is 0 Å². The van der Waals surface area contributed by atoms with E-state index in [1.165, 1.54) is 12.8 Å². The summed E-state index contributed by atoms with van der Waals surface area (Å²) in [5.74, 6) is 1.96. The van der Waals surface area contributed by atoms with Gasteiger partial charge in [-0.2, -0.15) is 5.10 Å². The van der Waals surface area contributed by atoms with Gasteiger partial charge >= 0.3 is 0 Å². The van der Waals surface area contributed by atoms with Crippen LogP contribution >= 0.6 is 11.6 Å². The van der Waals surface area contributed by atoms with Gasteiger partial charge in [-0.05, 0) is 67.9 Å². The molecule has 0 bridgehead atoms. The second-order valence-electron chi connectivity index (χ2n) is 8.49. The highest BCUT2D eigenvalue weighted by molar-refractivity contribution is 6.30. The number of hydrogen-bond donors (Lipinski definition) is 1. The van der Waals surface area contributed by atoms with Crippen molar-refractivity contribution < 1.29 is 9.53 Å². The lowest BCUT2D eigenvalue weighted by Crippen LogP contribution is -2.21.